The van der Waals surface area contributed by atoms with Gasteiger partial charge in [0.1, 0.15) is 0 Å². The molecule has 0 aromatic carbocycles. The highest BCUT2D eigenvalue weighted by Crippen LogP contribution is 2.08. The Morgan fingerprint density at radius 3 is 0.333 bits per heavy atom. The summed E-state index contributed by atoms with van der Waals surface area (Å²) >= 11 is 0. The highest BCUT2D eigenvalue weighted by Gasteiger charge is 2.46. The van der Waals surface area contributed by atoms with Crippen LogP contribution in [0, 0.1) is 0 Å². The zero-order chi connectivity index (χ0) is 46.2. The monoisotopic (exact) mass is 1020 g/mol. The van der Waals surface area contributed by atoms with Gasteiger partial charge in [-0.2, -0.15) is 0 Å². The predicted octanol–water partition coefficient (Wildman–Crippen LogP) is -10.2. The zero-order valence-electron chi connectivity index (χ0n) is 31.7. The van der Waals surface area contributed by atoms with E-state index in [2.05, 4.69) is 20.6 Å². The van der Waals surface area contributed by atoms with E-state index in [4.69, 9.17) is 114 Å². The molecule has 0 atom stereocenters. The Morgan fingerprint density at radius 2 is 0.333 bits per heavy atom. The molecule has 54 heavy (non-hydrogen) atoms. The lowest BCUT2D eigenvalue weighted by molar-refractivity contribution is 0.0402. The van der Waals surface area contributed by atoms with Gasteiger partial charge in [-0.25, -0.2) is 0 Å². The minimum Gasteiger partial charge on any atom is -0.415 e. The van der Waals surface area contributed by atoms with Gasteiger partial charge >= 0.3 is 105 Å². The molecule has 0 spiro atoms. The van der Waals surface area contributed by atoms with Crippen molar-refractivity contribution in [2.24, 2.45) is 0 Å². The molecule has 0 aromatic rings. The van der Waals surface area contributed by atoms with Crippen molar-refractivity contribution < 1.29 is 135 Å². The van der Waals surface area contributed by atoms with E-state index in [0.29, 0.717) is 0 Å². The van der Waals surface area contributed by atoms with Crippen LogP contribution in [0.5, 0.6) is 0 Å². The molecule has 0 unspecified atom stereocenters. The lowest BCUT2D eigenvalue weighted by Gasteiger charge is -2.23. The molecule has 0 saturated heterocycles. The van der Waals surface area contributed by atoms with Crippen molar-refractivity contribution in [1.82, 2.24) is 0 Å². The summed E-state index contributed by atoms with van der Waals surface area (Å²) in [5.41, 5.74) is 0. The van der Waals surface area contributed by atoms with Gasteiger partial charge in [-0.05, 0) is 52.4 Å². The van der Waals surface area contributed by atoms with Gasteiger partial charge in [-0.1, -0.05) is 0 Å². The highest BCUT2D eigenvalue weighted by molar-refractivity contribution is 6.77. The number of hydrogen-bond donors (Lipinski definition) is 23. The first-order valence-electron chi connectivity index (χ1n) is 14.1. The predicted molar refractivity (Wildman–Crippen MR) is 203 cm³/mol. The average Bonchev–Trinajstić information content (AvgIpc) is 2.50. The Hall–Kier alpha value is 1.44. The summed E-state index contributed by atoms with van der Waals surface area (Å²) in [7, 11) is -43.5. The van der Waals surface area contributed by atoms with E-state index in [1.165, 1.54) is 32.7 Å². The van der Waals surface area contributed by atoms with Crippen LogP contribution in [0.3, 0.4) is 0 Å². The summed E-state index contributed by atoms with van der Waals surface area (Å²) in [6.07, 6.45) is 0. The first-order chi connectivity index (χ1) is 22.2. The van der Waals surface area contributed by atoms with Gasteiger partial charge in [0.25, 0.3) is 0 Å². The van der Waals surface area contributed by atoms with Crippen LogP contribution in [-0.4, -0.2) is 216 Å². The summed E-state index contributed by atoms with van der Waals surface area (Å²) in [4.78, 5) is 194. The smallest absolute Gasteiger partial charge is 0.415 e. The molecule has 336 valence electrons. The highest BCUT2D eigenvalue weighted by atomic mass is 28.5. The molecule has 0 rings (SSSR count). The molecular weight excluding hydrogens is 957 g/mol. The molecule has 0 saturated carbocycles. The minimum atomic E-state index is -4.98. The first kappa shape index (κ1) is 67.2. The average molecular weight is 1020 g/mol. The van der Waals surface area contributed by atoms with Gasteiger partial charge in [-0.3, -0.25) is 0 Å². The topological polar surface area (TPSA) is 521 Å². The molecule has 0 fully saturated rings. The van der Waals surface area contributed by atoms with Crippen LogP contribution >= 0.6 is 0 Å². The van der Waals surface area contributed by atoms with E-state index < -0.39 is 105 Å². The summed E-state index contributed by atoms with van der Waals surface area (Å²) < 4.78 is 25.2. The SMILES string of the molecule is C[Si](C)(O)O[Si](C)(C)O.C[Si](C)(O)O[Si](C)(O)O.C[Si](C)(O)O[Si](O)(O)O.C[Si](O)(O)O[Si](C)(O)O.C[Si](O)(O)O[Si](C)(O)O.O[Si](O)(O)O[Si](O)(O)O. The van der Waals surface area contributed by atoms with Gasteiger partial charge in [0, 0.05) is 32.7 Å². The standard InChI is InChI=1S/C4H14O3Si2.C3H12O4Si2.3C2H10O5Si2.H6O7Si2/c1-8(2,5)7-9(3,4)6;1-8(2,4)7-9(3,5)6;2*1-8(3,4)7-9(2,5)6;2*1-8(2,3)7-9(4,5)6/h5-6H,1-4H3;4-6H,1-3H3;3*3-6H,1-2H3;1-6H. The maximum Gasteiger partial charge on any atom is 0.665 e. The summed E-state index contributed by atoms with van der Waals surface area (Å²) in [5, 5.41) is 0. The van der Waals surface area contributed by atoms with Crippen molar-refractivity contribution in [3.63, 3.8) is 0 Å². The Balaban J connectivity index is -0.000000128. The van der Waals surface area contributed by atoms with E-state index >= 15 is 0 Å². The third kappa shape index (κ3) is 105. The van der Waals surface area contributed by atoms with Crippen molar-refractivity contribution in [2.45, 2.75) is 85.1 Å². The lowest BCUT2D eigenvalue weighted by Crippen LogP contribution is -2.53. The van der Waals surface area contributed by atoms with Crippen molar-refractivity contribution in [2.75, 3.05) is 0 Å². The molecule has 0 aliphatic rings. The molecule has 0 heterocycles. The summed E-state index contributed by atoms with van der Waals surface area (Å²) in [6, 6.07) is 0. The summed E-state index contributed by atoms with van der Waals surface area (Å²) in [6.45, 7) is 17.5. The maximum absolute atomic E-state index is 9.14. The zero-order valence-corrected chi connectivity index (χ0v) is 43.7. The molecule has 41 heteroatoms. The lowest BCUT2D eigenvalue weighted by atomic mass is 11.9. The van der Waals surface area contributed by atoms with E-state index in [1.807, 2.05) is 0 Å². The molecule has 0 amide bonds. The fraction of sp³-hybridized carbons (Fsp3) is 1.00. The second-order valence-electron chi connectivity index (χ2n) is 12.8. The largest absolute Gasteiger partial charge is 0.665 e. The van der Waals surface area contributed by atoms with E-state index in [9.17, 15) is 0 Å². The minimum absolute atomic E-state index is 1.03. The van der Waals surface area contributed by atoms with Gasteiger partial charge in [0.2, 0.25) is 0 Å². The van der Waals surface area contributed by atoms with Crippen LogP contribution < -0.4 is 0 Å². The third-order valence-corrected chi connectivity index (χ3v) is 21.4. The maximum atomic E-state index is 9.14. The molecule has 0 aliphatic carbocycles. The van der Waals surface area contributed by atoms with Crippen LogP contribution in [0.25, 0.3) is 0 Å². The van der Waals surface area contributed by atoms with Crippen LogP contribution in [-0.2, 0) is 24.7 Å². The van der Waals surface area contributed by atoms with Crippen LogP contribution in [0.2, 0.25) is 85.1 Å². The molecular formula is C13H62O29Si12. The van der Waals surface area contributed by atoms with Crippen molar-refractivity contribution in [1.29, 1.82) is 0 Å². The molecule has 0 radical (unpaired) electrons. The molecule has 0 bridgehead atoms. The van der Waals surface area contributed by atoms with Crippen LogP contribution in [0.1, 0.15) is 0 Å². The molecule has 0 aromatic heterocycles. The van der Waals surface area contributed by atoms with Gasteiger partial charge < -0.3 is 135 Å². The fourth-order valence-electron chi connectivity index (χ4n) is 2.34. The van der Waals surface area contributed by atoms with Gasteiger partial charge in [-0.15, -0.1) is 0 Å². The first-order valence-corrected chi connectivity index (χ1v) is 42.3. The molecule has 29 nitrogen and oxygen atoms in total. The number of hydrogen-bond acceptors (Lipinski definition) is 29. The van der Waals surface area contributed by atoms with Crippen molar-refractivity contribution >= 4 is 105 Å². The van der Waals surface area contributed by atoms with E-state index in [1.54, 1.807) is 26.2 Å². The molecule has 23 N–H and O–H groups in total. The second-order valence-corrected chi connectivity index (χ2v) is 42.0. The number of rotatable bonds is 12. The Kier molecular flexibility index (Phi) is 30.7. The quantitative estimate of drug-likeness (QED) is 0.0807. The van der Waals surface area contributed by atoms with Crippen molar-refractivity contribution in [3.05, 3.63) is 0 Å². The third-order valence-electron chi connectivity index (χ3n) is 2.38. The van der Waals surface area contributed by atoms with Gasteiger partial charge in [0.05, 0.1) is 0 Å². The summed E-state index contributed by atoms with van der Waals surface area (Å²) in [5.74, 6) is 0. The van der Waals surface area contributed by atoms with E-state index in [-0.39, 0.29) is 0 Å². The van der Waals surface area contributed by atoms with Gasteiger partial charge in [0.15, 0.2) is 0 Å². The second kappa shape index (κ2) is 24.6. The Labute approximate surface area is 324 Å². The van der Waals surface area contributed by atoms with Crippen LogP contribution in [0.15, 0.2) is 0 Å². The Morgan fingerprint density at radius 1 is 0.185 bits per heavy atom. The Bertz CT molecular complexity index is 672. The fourth-order valence-corrected chi connectivity index (χ4v) is 21.0. The van der Waals surface area contributed by atoms with Crippen LogP contribution in [0.4, 0.5) is 0 Å². The van der Waals surface area contributed by atoms with E-state index in [0.717, 1.165) is 26.2 Å². The normalized spacial score (nSPS) is 14.0. The molecule has 0 aliphatic heterocycles. The van der Waals surface area contributed by atoms with Crippen molar-refractivity contribution in [3.8, 4) is 0 Å².